The molecule has 0 aliphatic heterocycles. The van der Waals surface area contributed by atoms with Crippen LogP contribution >= 0.6 is 0 Å². The second-order valence-electron chi connectivity index (χ2n) is 5.16. The van der Waals surface area contributed by atoms with Gasteiger partial charge in [-0.05, 0) is 25.3 Å². The van der Waals surface area contributed by atoms with Gasteiger partial charge < -0.3 is 10.1 Å². The Morgan fingerprint density at radius 1 is 1.38 bits per heavy atom. The predicted molar refractivity (Wildman–Crippen MR) is 70.1 cm³/mol. The first kappa shape index (κ1) is 15.6. The second-order valence-corrected chi connectivity index (χ2v) is 5.16. The molecule has 0 saturated heterocycles. The van der Waals surface area contributed by atoms with Gasteiger partial charge in [-0.15, -0.1) is 0 Å². The van der Waals surface area contributed by atoms with E-state index in [1.54, 1.807) is 0 Å². The highest BCUT2D eigenvalue weighted by Gasteiger charge is 2.42. The molecule has 1 N–H and O–H groups in total. The number of nitrogens with one attached hydrogen (secondary N) is 1. The fourth-order valence-corrected chi connectivity index (χ4v) is 2.52. The lowest BCUT2D eigenvalue weighted by Gasteiger charge is -2.31. The van der Waals surface area contributed by atoms with Gasteiger partial charge in [-0.1, -0.05) is 6.42 Å². The Labute approximate surface area is 120 Å². The van der Waals surface area contributed by atoms with E-state index >= 15 is 0 Å². The Kier molecular flexibility index (Phi) is 4.69. The van der Waals surface area contributed by atoms with E-state index in [1.807, 2.05) is 0 Å². The minimum absolute atomic E-state index is 0.0567. The van der Waals surface area contributed by atoms with E-state index in [0.717, 1.165) is 0 Å². The zero-order valence-electron chi connectivity index (χ0n) is 11.6. The van der Waals surface area contributed by atoms with E-state index in [0.29, 0.717) is 24.3 Å². The largest absolute Gasteiger partial charge is 0.481 e. The third kappa shape index (κ3) is 4.09. The van der Waals surface area contributed by atoms with Crippen molar-refractivity contribution >= 4 is 5.91 Å². The highest BCUT2D eigenvalue weighted by molar-refractivity contribution is 5.94. The molecule has 4 nitrogen and oxygen atoms in total. The van der Waals surface area contributed by atoms with Crippen molar-refractivity contribution in [2.24, 2.45) is 5.92 Å². The lowest BCUT2D eigenvalue weighted by molar-refractivity contribution is -0.183. The van der Waals surface area contributed by atoms with Crippen molar-refractivity contribution < 1.29 is 22.7 Å². The summed E-state index contributed by atoms with van der Waals surface area (Å²) in [5.74, 6) is -1.36. The molecular weight excluding hydrogens is 285 g/mol. The quantitative estimate of drug-likeness (QED) is 0.934. The fourth-order valence-electron chi connectivity index (χ4n) is 2.52. The molecule has 1 aliphatic carbocycles. The monoisotopic (exact) mass is 302 g/mol. The number of nitrogens with zero attached hydrogens (tertiary/aromatic N) is 1. The van der Waals surface area contributed by atoms with Crippen molar-refractivity contribution in [2.75, 3.05) is 7.11 Å². The molecule has 0 bridgehead atoms. The molecule has 1 aromatic rings. The molecule has 1 amide bonds. The van der Waals surface area contributed by atoms with Gasteiger partial charge in [0.25, 0.3) is 5.91 Å². The number of ether oxygens (including phenoxy) is 1. The number of aromatic nitrogens is 1. The predicted octanol–water partition coefficient (Wildman–Crippen LogP) is 2.94. The molecule has 0 aromatic carbocycles. The van der Waals surface area contributed by atoms with Gasteiger partial charge in [0.1, 0.15) is 0 Å². The molecule has 1 aromatic heterocycles. The van der Waals surface area contributed by atoms with Gasteiger partial charge in [0.05, 0.1) is 18.6 Å². The number of hydrogen-bond acceptors (Lipinski definition) is 3. The Bertz CT molecular complexity index is 488. The maximum absolute atomic E-state index is 12.7. The minimum atomic E-state index is -4.19. The summed E-state index contributed by atoms with van der Waals surface area (Å²) < 4.78 is 43.0. The number of alkyl halides is 3. The molecule has 21 heavy (non-hydrogen) atoms. The van der Waals surface area contributed by atoms with E-state index in [-0.39, 0.29) is 12.8 Å². The molecule has 2 atom stereocenters. The van der Waals surface area contributed by atoms with E-state index < -0.39 is 24.0 Å². The Balaban J connectivity index is 1.95. The van der Waals surface area contributed by atoms with Crippen LogP contribution < -0.4 is 10.1 Å². The van der Waals surface area contributed by atoms with E-state index in [1.165, 1.54) is 25.4 Å². The third-order valence-electron chi connectivity index (χ3n) is 3.68. The standard InChI is InChI=1S/C14H17F3N2O2/c1-21-12-6-5-9(8-18-12)13(20)19-11-4-2-3-10(7-11)14(15,16)17/h5-6,8,10-11H,2-4,7H2,1H3,(H,19,20). The number of halogens is 3. The summed E-state index contributed by atoms with van der Waals surface area (Å²) in [5, 5.41) is 2.65. The van der Waals surface area contributed by atoms with Crippen LogP contribution in [0.2, 0.25) is 0 Å². The van der Waals surface area contributed by atoms with Crippen LogP contribution in [0.1, 0.15) is 36.0 Å². The van der Waals surface area contributed by atoms with Gasteiger partial charge in [0.2, 0.25) is 5.88 Å². The normalized spacial score (nSPS) is 22.7. The fraction of sp³-hybridized carbons (Fsp3) is 0.571. The van der Waals surface area contributed by atoms with Crippen molar-refractivity contribution in [1.29, 1.82) is 0 Å². The third-order valence-corrected chi connectivity index (χ3v) is 3.68. The van der Waals surface area contributed by atoms with Crippen LogP contribution in [0.3, 0.4) is 0 Å². The lowest BCUT2D eigenvalue weighted by Crippen LogP contribution is -2.41. The van der Waals surface area contributed by atoms with Crippen LogP contribution in [-0.2, 0) is 0 Å². The molecule has 2 unspecified atom stereocenters. The minimum Gasteiger partial charge on any atom is -0.481 e. The van der Waals surface area contributed by atoms with Crippen LogP contribution in [-0.4, -0.2) is 30.2 Å². The molecule has 0 radical (unpaired) electrons. The number of carbonyl (C=O) groups is 1. The van der Waals surface area contributed by atoms with Gasteiger partial charge in [-0.2, -0.15) is 13.2 Å². The summed E-state index contributed by atoms with van der Waals surface area (Å²) in [6.45, 7) is 0. The highest BCUT2D eigenvalue weighted by Crippen LogP contribution is 2.37. The molecular formula is C14H17F3N2O2. The maximum atomic E-state index is 12.7. The van der Waals surface area contributed by atoms with Gasteiger partial charge >= 0.3 is 6.18 Å². The highest BCUT2D eigenvalue weighted by atomic mass is 19.4. The van der Waals surface area contributed by atoms with Crippen molar-refractivity contribution in [3.63, 3.8) is 0 Å². The maximum Gasteiger partial charge on any atom is 0.391 e. The molecule has 2 rings (SSSR count). The average Bonchev–Trinajstić information content (AvgIpc) is 2.47. The Morgan fingerprint density at radius 2 is 2.14 bits per heavy atom. The summed E-state index contributed by atoms with van der Waals surface area (Å²) >= 11 is 0. The SMILES string of the molecule is COc1ccc(C(=O)NC2CCCC(C(F)(F)F)C2)cn1. The first-order chi connectivity index (χ1) is 9.90. The molecule has 116 valence electrons. The van der Waals surface area contributed by atoms with Gasteiger partial charge in [0.15, 0.2) is 0 Å². The summed E-state index contributed by atoms with van der Waals surface area (Å²) in [5.41, 5.74) is 0.310. The molecule has 7 heteroatoms. The number of rotatable bonds is 3. The van der Waals surface area contributed by atoms with Gasteiger partial charge in [-0.25, -0.2) is 4.98 Å². The van der Waals surface area contributed by atoms with Gasteiger partial charge in [-0.3, -0.25) is 4.79 Å². The lowest BCUT2D eigenvalue weighted by atomic mass is 9.85. The van der Waals surface area contributed by atoms with Crippen LogP contribution in [0.25, 0.3) is 0 Å². The van der Waals surface area contributed by atoms with E-state index in [2.05, 4.69) is 10.3 Å². The Hall–Kier alpha value is -1.79. The van der Waals surface area contributed by atoms with Crippen LogP contribution in [0.5, 0.6) is 5.88 Å². The van der Waals surface area contributed by atoms with Crippen molar-refractivity contribution in [3.05, 3.63) is 23.9 Å². The second kappa shape index (κ2) is 6.32. The number of hydrogen-bond donors (Lipinski definition) is 1. The zero-order valence-corrected chi connectivity index (χ0v) is 11.6. The van der Waals surface area contributed by atoms with E-state index in [4.69, 9.17) is 4.74 Å². The summed E-state index contributed by atoms with van der Waals surface area (Å²) in [7, 11) is 1.46. The van der Waals surface area contributed by atoms with Crippen LogP contribution in [0.4, 0.5) is 13.2 Å². The number of carbonyl (C=O) groups excluding carboxylic acids is 1. The number of methoxy groups -OCH3 is 1. The topological polar surface area (TPSA) is 51.2 Å². The molecule has 1 saturated carbocycles. The molecule has 1 aliphatic rings. The number of amides is 1. The first-order valence-corrected chi connectivity index (χ1v) is 6.77. The summed E-state index contributed by atoms with van der Waals surface area (Å²) in [6, 6.07) is 2.62. The van der Waals surface area contributed by atoms with Crippen molar-refractivity contribution in [1.82, 2.24) is 10.3 Å². The summed E-state index contributed by atoms with van der Waals surface area (Å²) in [4.78, 5) is 15.9. The van der Waals surface area contributed by atoms with Crippen LogP contribution in [0, 0.1) is 5.92 Å². The van der Waals surface area contributed by atoms with Crippen LogP contribution in [0.15, 0.2) is 18.3 Å². The molecule has 0 spiro atoms. The number of pyridine rings is 1. The van der Waals surface area contributed by atoms with E-state index in [9.17, 15) is 18.0 Å². The van der Waals surface area contributed by atoms with Gasteiger partial charge in [0, 0.05) is 18.3 Å². The summed E-state index contributed by atoms with van der Waals surface area (Å²) in [6.07, 6.45) is -1.72. The Morgan fingerprint density at radius 3 is 2.71 bits per heavy atom. The van der Waals surface area contributed by atoms with Crippen molar-refractivity contribution in [2.45, 2.75) is 37.9 Å². The molecule has 1 heterocycles. The average molecular weight is 302 g/mol. The first-order valence-electron chi connectivity index (χ1n) is 6.77. The smallest absolute Gasteiger partial charge is 0.391 e. The molecule has 1 fully saturated rings. The van der Waals surface area contributed by atoms with Crippen molar-refractivity contribution in [3.8, 4) is 5.88 Å². The zero-order chi connectivity index (χ0) is 15.5.